The molecule has 0 aliphatic rings. The Morgan fingerprint density at radius 3 is 2.14 bits per heavy atom. The Kier molecular flexibility index (Phi) is 5.50. The number of methoxy groups -OCH3 is 1. The van der Waals surface area contributed by atoms with Crippen LogP contribution >= 0.6 is 11.8 Å². The van der Waals surface area contributed by atoms with Gasteiger partial charge in [-0.3, -0.25) is 0 Å². The normalized spacial score (nSPS) is 11.6. The van der Waals surface area contributed by atoms with Crippen LogP contribution in [0.25, 0.3) is 0 Å². The molecule has 22 heavy (non-hydrogen) atoms. The predicted octanol–water partition coefficient (Wildman–Crippen LogP) is 3.24. The van der Waals surface area contributed by atoms with Crippen molar-refractivity contribution in [1.82, 2.24) is 4.31 Å². The summed E-state index contributed by atoms with van der Waals surface area (Å²) in [5, 5.41) is 0. The molecule has 6 heteroatoms. The van der Waals surface area contributed by atoms with Gasteiger partial charge in [-0.1, -0.05) is 12.1 Å². The summed E-state index contributed by atoms with van der Waals surface area (Å²) in [4.78, 5) is 1.35. The lowest BCUT2D eigenvalue weighted by atomic mass is 10.2. The molecule has 0 bridgehead atoms. The molecule has 0 saturated heterocycles. The van der Waals surface area contributed by atoms with Gasteiger partial charge in [0.05, 0.1) is 12.0 Å². The third-order valence-corrected chi connectivity index (χ3v) is 5.89. The highest BCUT2D eigenvalue weighted by Gasteiger charge is 2.20. The molecular formula is C16H19NO3S2. The van der Waals surface area contributed by atoms with Crippen LogP contribution in [0.15, 0.2) is 58.3 Å². The second kappa shape index (κ2) is 7.17. The predicted molar refractivity (Wildman–Crippen MR) is 89.9 cm³/mol. The molecule has 0 spiro atoms. The van der Waals surface area contributed by atoms with E-state index in [1.807, 2.05) is 42.7 Å². The fourth-order valence-electron chi connectivity index (χ4n) is 2.00. The Morgan fingerprint density at radius 2 is 1.64 bits per heavy atom. The lowest BCUT2D eigenvalue weighted by Gasteiger charge is -2.17. The van der Waals surface area contributed by atoms with E-state index in [0.717, 1.165) is 16.2 Å². The van der Waals surface area contributed by atoms with Gasteiger partial charge >= 0.3 is 0 Å². The number of hydrogen-bond acceptors (Lipinski definition) is 4. The number of rotatable bonds is 6. The number of hydrogen-bond donors (Lipinski definition) is 0. The highest BCUT2D eigenvalue weighted by atomic mass is 32.2. The Balaban J connectivity index is 2.16. The quantitative estimate of drug-likeness (QED) is 0.759. The van der Waals surface area contributed by atoms with Gasteiger partial charge in [-0.2, -0.15) is 4.31 Å². The van der Waals surface area contributed by atoms with Crippen LogP contribution in [-0.2, 0) is 16.6 Å². The summed E-state index contributed by atoms with van der Waals surface area (Å²) >= 11 is 1.58. The van der Waals surface area contributed by atoms with Gasteiger partial charge in [-0.05, 0) is 48.2 Å². The zero-order chi connectivity index (χ0) is 16.2. The van der Waals surface area contributed by atoms with Gasteiger partial charge in [0.2, 0.25) is 10.0 Å². The minimum absolute atomic E-state index is 0.307. The molecule has 0 radical (unpaired) electrons. The zero-order valence-corrected chi connectivity index (χ0v) is 14.4. The van der Waals surface area contributed by atoms with Gasteiger partial charge < -0.3 is 4.74 Å². The van der Waals surface area contributed by atoms with Crippen LogP contribution in [-0.4, -0.2) is 33.1 Å². The van der Waals surface area contributed by atoms with Gasteiger partial charge in [0, 0.05) is 18.5 Å². The molecule has 0 saturated carbocycles. The number of sulfonamides is 1. The maximum Gasteiger partial charge on any atom is 0.243 e. The first-order valence-electron chi connectivity index (χ1n) is 6.70. The fourth-order valence-corrected chi connectivity index (χ4v) is 3.57. The van der Waals surface area contributed by atoms with Crippen LogP contribution in [0.2, 0.25) is 0 Å². The monoisotopic (exact) mass is 337 g/mol. The summed E-state index contributed by atoms with van der Waals surface area (Å²) < 4.78 is 31.6. The van der Waals surface area contributed by atoms with E-state index in [4.69, 9.17) is 4.74 Å². The third-order valence-electron chi connectivity index (χ3n) is 3.33. The first-order valence-corrected chi connectivity index (χ1v) is 9.37. The van der Waals surface area contributed by atoms with Crippen LogP contribution in [0.4, 0.5) is 0 Å². The number of ether oxygens (including phenoxy) is 1. The first-order chi connectivity index (χ1) is 10.5. The van der Waals surface area contributed by atoms with E-state index in [2.05, 4.69) is 0 Å². The molecule has 0 atom stereocenters. The summed E-state index contributed by atoms with van der Waals surface area (Å²) in [6, 6.07) is 14.3. The van der Waals surface area contributed by atoms with Crippen molar-refractivity contribution in [2.75, 3.05) is 20.4 Å². The van der Waals surface area contributed by atoms with Gasteiger partial charge in [0.1, 0.15) is 5.75 Å². The van der Waals surface area contributed by atoms with Crippen LogP contribution < -0.4 is 4.74 Å². The van der Waals surface area contributed by atoms with Crippen molar-refractivity contribution >= 4 is 21.8 Å². The summed E-state index contributed by atoms with van der Waals surface area (Å²) in [5.74, 6) is 0.752. The minimum atomic E-state index is -3.49. The molecule has 2 aromatic carbocycles. The fraction of sp³-hybridized carbons (Fsp3) is 0.250. The van der Waals surface area contributed by atoms with E-state index < -0.39 is 10.0 Å². The lowest BCUT2D eigenvalue weighted by molar-refractivity contribution is 0.414. The molecule has 0 heterocycles. The van der Waals surface area contributed by atoms with Crippen molar-refractivity contribution < 1.29 is 13.2 Å². The van der Waals surface area contributed by atoms with Gasteiger partial charge in [0.25, 0.3) is 0 Å². The van der Waals surface area contributed by atoms with Crippen LogP contribution in [0.5, 0.6) is 5.75 Å². The standard InChI is InChI=1S/C16H19NO3S2/c1-17(12-13-4-6-14(20-2)7-5-13)22(18,19)16-10-8-15(21-3)9-11-16/h4-11H,12H2,1-3H3. The van der Waals surface area contributed by atoms with Crippen molar-refractivity contribution in [1.29, 1.82) is 0 Å². The van der Waals surface area contributed by atoms with E-state index in [0.29, 0.717) is 11.4 Å². The molecule has 0 amide bonds. The number of benzene rings is 2. The van der Waals surface area contributed by atoms with Gasteiger partial charge in [0.15, 0.2) is 0 Å². The topological polar surface area (TPSA) is 46.6 Å². The van der Waals surface area contributed by atoms with Gasteiger partial charge in [-0.25, -0.2) is 8.42 Å². The van der Waals surface area contributed by atoms with Crippen molar-refractivity contribution in [3.8, 4) is 5.75 Å². The average molecular weight is 337 g/mol. The second-order valence-corrected chi connectivity index (χ2v) is 7.71. The molecule has 0 aliphatic heterocycles. The van der Waals surface area contributed by atoms with Crippen LogP contribution in [0.3, 0.4) is 0 Å². The number of thioether (sulfide) groups is 1. The molecular weight excluding hydrogens is 318 g/mol. The SMILES string of the molecule is COc1ccc(CN(C)S(=O)(=O)c2ccc(SC)cc2)cc1. The van der Waals surface area contributed by atoms with Crippen molar-refractivity contribution in [2.45, 2.75) is 16.3 Å². The van der Waals surface area contributed by atoms with Crippen LogP contribution in [0, 0.1) is 0 Å². The van der Waals surface area contributed by atoms with E-state index in [9.17, 15) is 8.42 Å². The Hall–Kier alpha value is -1.50. The van der Waals surface area contributed by atoms with E-state index in [1.54, 1.807) is 38.1 Å². The molecule has 0 unspecified atom stereocenters. The molecule has 0 N–H and O–H groups in total. The second-order valence-electron chi connectivity index (χ2n) is 4.78. The summed E-state index contributed by atoms with van der Waals surface area (Å²) in [6.45, 7) is 0.316. The Labute approximate surface area is 136 Å². The summed E-state index contributed by atoms with van der Waals surface area (Å²) in [5.41, 5.74) is 0.910. The van der Waals surface area contributed by atoms with Crippen molar-refractivity contribution in [2.24, 2.45) is 0 Å². The summed E-state index contributed by atoms with van der Waals surface area (Å²) in [6.07, 6.45) is 1.96. The molecule has 2 aromatic rings. The smallest absolute Gasteiger partial charge is 0.243 e. The van der Waals surface area contributed by atoms with Gasteiger partial charge in [-0.15, -0.1) is 11.8 Å². The molecule has 0 fully saturated rings. The highest BCUT2D eigenvalue weighted by Crippen LogP contribution is 2.21. The molecule has 118 valence electrons. The van der Waals surface area contributed by atoms with Crippen LogP contribution in [0.1, 0.15) is 5.56 Å². The summed E-state index contributed by atoms with van der Waals surface area (Å²) in [7, 11) is -0.299. The molecule has 0 aliphatic carbocycles. The molecule has 4 nitrogen and oxygen atoms in total. The third kappa shape index (κ3) is 3.82. The largest absolute Gasteiger partial charge is 0.497 e. The minimum Gasteiger partial charge on any atom is -0.497 e. The van der Waals surface area contributed by atoms with E-state index in [-0.39, 0.29) is 0 Å². The Bertz CT molecular complexity index is 710. The van der Waals surface area contributed by atoms with E-state index in [1.165, 1.54) is 4.31 Å². The lowest BCUT2D eigenvalue weighted by Crippen LogP contribution is -2.26. The average Bonchev–Trinajstić information content (AvgIpc) is 2.55. The maximum absolute atomic E-state index is 12.6. The molecule has 2 rings (SSSR count). The Morgan fingerprint density at radius 1 is 1.05 bits per heavy atom. The first kappa shape index (κ1) is 16.9. The molecule has 0 aromatic heterocycles. The zero-order valence-electron chi connectivity index (χ0n) is 12.8. The van der Waals surface area contributed by atoms with Crippen molar-refractivity contribution in [3.05, 3.63) is 54.1 Å². The highest BCUT2D eigenvalue weighted by molar-refractivity contribution is 7.98. The number of nitrogens with zero attached hydrogens (tertiary/aromatic N) is 1. The maximum atomic E-state index is 12.6. The van der Waals surface area contributed by atoms with E-state index >= 15 is 0 Å². The van der Waals surface area contributed by atoms with Crippen molar-refractivity contribution in [3.63, 3.8) is 0 Å².